The largest absolute Gasteiger partial charge is 0.366 e. The minimum atomic E-state index is -0.356. The van der Waals surface area contributed by atoms with Crippen molar-refractivity contribution in [3.8, 4) is 0 Å². The summed E-state index contributed by atoms with van der Waals surface area (Å²) in [6.07, 6.45) is 6.54. The van der Waals surface area contributed by atoms with Gasteiger partial charge in [0.2, 0.25) is 5.91 Å². The molecule has 1 aromatic rings. The maximum absolute atomic E-state index is 11.1. The number of nitrogens with one attached hydrogen (secondary N) is 1. The monoisotopic (exact) mass is 260 g/mol. The SMILES string of the molecule is CCC1CCC(NCc2cccc(C(N)=O)c2)CC1. The van der Waals surface area contributed by atoms with E-state index in [1.807, 2.05) is 18.2 Å². The zero-order chi connectivity index (χ0) is 13.7. The normalized spacial score (nSPS) is 23.2. The number of amides is 1. The molecule has 0 aromatic heterocycles. The molecule has 104 valence electrons. The van der Waals surface area contributed by atoms with Crippen molar-refractivity contribution in [3.05, 3.63) is 35.4 Å². The lowest BCUT2D eigenvalue weighted by Crippen LogP contribution is -2.32. The smallest absolute Gasteiger partial charge is 0.248 e. The molecule has 1 fully saturated rings. The summed E-state index contributed by atoms with van der Waals surface area (Å²) < 4.78 is 0. The molecular formula is C16H24N2O. The Kier molecular flexibility index (Phi) is 4.97. The Hall–Kier alpha value is -1.35. The average Bonchev–Trinajstić information content (AvgIpc) is 2.46. The van der Waals surface area contributed by atoms with Crippen LogP contribution in [-0.4, -0.2) is 11.9 Å². The van der Waals surface area contributed by atoms with Crippen LogP contribution in [0.1, 0.15) is 54.9 Å². The van der Waals surface area contributed by atoms with Gasteiger partial charge in [0.1, 0.15) is 0 Å². The van der Waals surface area contributed by atoms with Crippen LogP contribution in [-0.2, 0) is 6.54 Å². The van der Waals surface area contributed by atoms with Crippen molar-refractivity contribution in [3.63, 3.8) is 0 Å². The molecule has 1 amide bonds. The van der Waals surface area contributed by atoms with Gasteiger partial charge in [0.05, 0.1) is 0 Å². The molecule has 2 rings (SSSR count). The zero-order valence-corrected chi connectivity index (χ0v) is 11.7. The van der Waals surface area contributed by atoms with Gasteiger partial charge in [-0.2, -0.15) is 0 Å². The molecule has 0 heterocycles. The molecule has 1 aliphatic rings. The van der Waals surface area contributed by atoms with Crippen LogP contribution in [0.15, 0.2) is 24.3 Å². The van der Waals surface area contributed by atoms with Gasteiger partial charge in [-0.3, -0.25) is 4.79 Å². The van der Waals surface area contributed by atoms with Crippen LogP contribution in [0.2, 0.25) is 0 Å². The topological polar surface area (TPSA) is 55.1 Å². The average molecular weight is 260 g/mol. The highest BCUT2D eigenvalue weighted by Crippen LogP contribution is 2.26. The first-order chi connectivity index (χ1) is 9.19. The fourth-order valence-corrected chi connectivity index (χ4v) is 2.87. The summed E-state index contributed by atoms with van der Waals surface area (Å²) in [5.74, 6) is 0.571. The van der Waals surface area contributed by atoms with Crippen molar-refractivity contribution in [2.45, 2.75) is 51.6 Å². The van der Waals surface area contributed by atoms with Crippen molar-refractivity contribution in [1.29, 1.82) is 0 Å². The van der Waals surface area contributed by atoms with E-state index in [-0.39, 0.29) is 5.91 Å². The highest BCUT2D eigenvalue weighted by Gasteiger charge is 2.19. The van der Waals surface area contributed by atoms with Gasteiger partial charge in [-0.05, 0) is 49.3 Å². The van der Waals surface area contributed by atoms with Gasteiger partial charge < -0.3 is 11.1 Å². The molecule has 3 heteroatoms. The maximum atomic E-state index is 11.1. The predicted octanol–water partition coefficient (Wildman–Crippen LogP) is 2.84. The van der Waals surface area contributed by atoms with Gasteiger partial charge in [0, 0.05) is 18.2 Å². The summed E-state index contributed by atoms with van der Waals surface area (Å²) in [4.78, 5) is 11.1. The Morgan fingerprint density at radius 1 is 1.32 bits per heavy atom. The van der Waals surface area contributed by atoms with E-state index in [9.17, 15) is 4.79 Å². The van der Waals surface area contributed by atoms with Gasteiger partial charge in [-0.25, -0.2) is 0 Å². The molecule has 0 saturated heterocycles. The Morgan fingerprint density at radius 3 is 2.68 bits per heavy atom. The molecule has 0 aliphatic heterocycles. The van der Waals surface area contributed by atoms with Gasteiger partial charge in [-0.15, -0.1) is 0 Å². The van der Waals surface area contributed by atoms with Crippen LogP contribution in [0.25, 0.3) is 0 Å². The lowest BCUT2D eigenvalue weighted by Gasteiger charge is -2.28. The first-order valence-corrected chi connectivity index (χ1v) is 7.31. The molecule has 0 unspecified atom stereocenters. The van der Waals surface area contributed by atoms with Gasteiger partial charge in [0.15, 0.2) is 0 Å². The number of carbonyl (C=O) groups is 1. The van der Waals surface area contributed by atoms with Gasteiger partial charge in [-0.1, -0.05) is 25.5 Å². The molecule has 3 N–H and O–H groups in total. The van der Waals surface area contributed by atoms with E-state index >= 15 is 0 Å². The number of nitrogens with two attached hydrogens (primary N) is 1. The number of carbonyl (C=O) groups excluding carboxylic acids is 1. The van der Waals surface area contributed by atoms with Gasteiger partial charge >= 0.3 is 0 Å². The van der Waals surface area contributed by atoms with E-state index in [0.717, 1.165) is 18.0 Å². The van der Waals surface area contributed by atoms with Crippen molar-refractivity contribution in [2.24, 2.45) is 11.7 Å². The summed E-state index contributed by atoms with van der Waals surface area (Å²) in [5.41, 5.74) is 7.02. The fourth-order valence-electron chi connectivity index (χ4n) is 2.87. The molecule has 19 heavy (non-hydrogen) atoms. The number of primary amides is 1. The van der Waals surface area contributed by atoms with E-state index in [1.165, 1.54) is 32.1 Å². The second-order valence-corrected chi connectivity index (χ2v) is 5.57. The third-order valence-electron chi connectivity index (χ3n) is 4.23. The second kappa shape index (κ2) is 6.71. The van der Waals surface area contributed by atoms with E-state index in [1.54, 1.807) is 6.07 Å². The molecular weight excluding hydrogens is 236 g/mol. The quantitative estimate of drug-likeness (QED) is 0.855. The number of hydrogen-bond donors (Lipinski definition) is 2. The molecule has 0 spiro atoms. The molecule has 0 bridgehead atoms. The van der Waals surface area contributed by atoms with Crippen LogP contribution in [0.3, 0.4) is 0 Å². The van der Waals surface area contributed by atoms with Crippen molar-refractivity contribution in [1.82, 2.24) is 5.32 Å². The summed E-state index contributed by atoms with van der Waals surface area (Å²) in [6.45, 7) is 3.11. The molecule has 0 radical (unpaired) electrons. The van der Waals surface area contributed by atoms with Crippen LogP contribution in [0, 0.1) is 5.92 Å². The molecule has 0 atom stereocenters. The summed E-state index contributed by atoms with van der Waals surface area (Å²) >= 11 is 0. The zero-order valence-electron chi connectivity index (χ0n) is 11.7. The second-order valence-electron chi connectivity index (χ2n) is 5.57. The Balaban J connectivity index is 1.82. The first kappa shape index (κ1) is 14.1. The lowest BCUT2D eigenvalue weighted by molar-refractivity contribution is 0.1000. The van der Waals surface area contributed by atoms with E-state index in [0.29, 0.717) is 11.6 Å². The van der Waals surface area contributed by atoms with Gasteiger partial charge in [0.25, 0.3) is 0 Å². The fraction of sp³-hybridized carbons (Fsp3) is 0.562. The van der Waals surface area contributed by atoms with Crippen LogP contribution < -0.4 is 11.1 Å². The minimum Gasteiger partial charge on any atom is -0.366 e. The van der Waals surface area contributed by atoms with E-state index in [4.69, 9.17) is 5.73 Å². The van der Waals surface area contributed by atoms with E-state index in [2.05, 4.69) is 12.2 Å². The highest BCUT2D eigenvalue weighted by atomic mass is 16.1. The maximum Gasteiger partial charge on any atom is 0.248 e. The van der Waals surface area contributed by atoms with Crippen LogP contribution in [0.4, 0.5) is 0 Å². The van der Waals surface area contributed by atoms with Crippen LogP contribution in [0.5, 0.6) is 0 Å². The van der Waals surface area contributed by atoms with Crippen molar-refractivity contribution < 1.29 is 4.79 Å². The Morgan fingerprint density at radius 2 is 2.05 bits per heavy atom. The molecule has 1 aromatic carbocycles. The highest BCUT2D eigenvalue weighted by molar-refractivity contribution is 5.92. The molecule has 3 nitrogen and oxygen atoms in total. The van der Waals surface area contributed by atoms with Crippen molar-refractivity contribution >= 4 is 5.91 Å². The Bertz CT molecular complexity index is 423. The minimum absolute atomic E-state index is 0.356. The lowest BCUT2D eigenvalue weighted by atomic mass is 9.84. The first-order valence-electron chi connectivity index (χ1n) is 7.31. The number of benzene rings is 1. The molecule has 1 saturated carbocycles. The summed E-state index contributed by atoms with van der Waals surface area (Å²) in [7, 11) is 0. The predicted molar refractivity (Wildman–Crippen MR) is 77.8 cm³/mol. The summed E-state index contributed by atoms with van der Waals surface area (Å²) in [5, 5.41) is 3.60. The van der Waals surface area contributed by atoms with Crippen molar-refractivity contribution in [2.75, 3.05) is 0 Å². The van der Waals surface area contributed by atoms with Crippen LogP contribution >= 0.6 is 0 Å². The number of hydrogen-bond acceptors (Lipinski definition) is 2. The molecule has 1 aliphatic carbocycles. The van der Waals surface area contributed by atoms with E-state index < -0.39 is 0 Å². The number of rotatable bonds is 5. The standard InChI is InChI=1S/C16H24N2O/c1-2-12-6-8-15(9-7-12)18-11-13-4-3-5-14(10-13)16(17)19/h3-5,10,12,15,18H,2,6-9,11H2,1H3,(H2,17,19). The Labute approximate surface area is 115 Å². The third kappa shape index (κ3) is 4.06. The third-order valence-corrected chi connectivity index (χ3v) is 4.23. The summed E-state index contributed by atoms with van der Waals surface area (Å²) in [6, 6.07) is 8.20.